The summed E-state index contributed by atoms with van der Waals surface area (Å²) in [5.41, 5.74) is 1.64. The van der Waals surface area contributed by atoms with E-state index in [-0.39, 0.29) is 0 Å². The lowest BCUT2D eigenvalue weighted by atomic mass is 10.1. The van der Waals surface area contributed by atoms with Crippen LogP contribution in [-0.2, 0) is 6.54 Å². The smallest absolute Gasteiger partial charge is 0.327 e. The fourth-order valence-corrected chi connectivity index (χ4v) is 2.48. The van der Waals surface area contributed by atoms with Crippen molar-refractivity contribution in [1.82, 2.24) is 4.57 Å². The van der Waals surface area contributed by atoms with Gasteiger partial charge in [0.25, 0.3) is 0 Å². The zero-order chi connectivity index (χ0) is 11.9. The highest BCUT2D eigenvalue weighted by Crippen LogP contribution is 2.28. The summed E-state index contributed by atoms with van der Waals surface area (Å²) in [5.74, 6) is 0. The number of fused-ring (bicyclic) bond motifs is 1. The first kappa shape index (κ1) is 11.8. The number of alkyl halides is 3. The molecule has 0 unspecified atom stereocenters. The van der Waals surface area contributed by atoms with E-state index < -0.39 is 12.7 Å². The molecule has 0 saturated carbocycles. The van der Waals surface area contributed by atoms with Gasteiger partial charge in [0.1, 0.15) is 6.54 Å². The third kappa shape index (κ3) is 2.18. The Balaban J connectivity index is 2.61. The van der Waals surface area contributed by atoms with E-state index in [0.717, 1.165) is 10.9 Å². The highest BCUT2D eigenvalue weighted by molar-refractivity contribution is 14.1. The molecular weight excluding hydrogens is 330 g/mol. The number of nitrogens with zero attached hydrogens (tertiary/aromatic N) is 1. The van der Waals surface area contributed by atoms with Crippen molar-refractivity contribution in [3.05, 3.63) is 33.5 Å². The fraction of sp³-hybridized carbons (Fsp3) is 0.273. The Kier molecular flexibility index (Phi) is 2.90. The Labute approximate surface area is 104 Å². The Hall–Kier alpha value is -0.720. The van der Waals surface area contributed by atoms with Crippen molar-refractivity contribution in [2.45, 2.75) is 19.6 Å². The van der Waals surface area contributed by atoms with Gasteiger partial charge in [-0.05, 0) is 47.2 Å². The van der Waals surface area contributed by atoms with E-state index in [1.807, 2.05) is 35.6 Å². The highest BCUT2D eigenvalue weighted by atomic mass is 127. The first-order chi connectivity index (χ1) is 7.38. The molecule has 86 valence electrons. The molecule has 2 rings (SSSR count). The van der Waals surface area contributed by atoms with Crippen molar-refractivity contribution in [2.75, 3.05) is 0 Å². The maximum Gasteiger partial charge on any atom is 0.406 e. The first-order valence-corrected chi connectivity index (χ1v) is 5.77. The lowest BCUT2D eigenvalue weighted by molar-refractivity contribution is -0.140. The fourth-order valence-electron chi connectivity index (χ4n) is 1.74. The zero-order valence-corrected chi connectivity index (χ0v) is 10.6. The van der Waals surface area contributed by atoms with Gasteiger partial charge in [0.15, 0.2) is 0 Å². The normalized spacial score (nSPS) is 12.3. The Morgan fingerprint density at radius 1 is 1.31 bits per heavy atom. The quantitative estimate of drug-likeness (QED) is 0.689. The van der Waals surface area contributed by atoms with Gasteiger partial charge in [-0.3, -0.25) is 0 Å². The molecule has 1 heterocycles. The molecule has 0 radical (unpaired) electrons. The highest BCUT2D eigenvalue weighted by Gasteiger charge is 2.29. The standard InChI is InChI=1S/C11H9F3IN/c1-7-3-2-4-9-8(7)5-10(15)16(9)6-11(12,13)14/h2-5H,6H2,1H3. The minimum absolute atomic E-state index is 0.610. The molecule has 5 heteroatoms. The van der Waals surface area contributed by atoms with Crippen LogP contribution in [0.1, 0.15) is 5.56 Å². The number of aromatic nitrogens is 1. The van der Waals surface area contributed by atoms with Crippen LogP contribution < -0.4 is 0 Å². The van der Waals surface area contributed by atoms with Crippen LogP contribution in [0.15, 0.2) is 24.3 Å². The van der Waals surface area contributed by atoms with Gasteiger partial charge in [-0.2, -0.15) is 13.2 Å². The molecular formula is C11H9F3IN. The van der Waals surface area contributed by atoms with E-state index in [1.54, 1.807) is 18.2 Å². The molecule has 2 aromatic rings. The van der Waals surface area contributed by atoms with Crippen molar-refractivity contribution in [2.24, 2.45) is 0 Å². The van der Waals surface area contributed by atoms with Gasteiger partial charge >= 0.3 is 6.18 Å². The van der Waals surface area contributed by atoms with Gasteiger partial charge < -0.3 is 4.57 Å². The second-order valence-electron chi connectivity index (χ2n) is 3.68. The van der Waals surface area contributed by atoms with Gasteiger partial charge in [-0.1, -0.05) is 12.1 Å². The molecule has 0 aliphatic heterocycles. The van der Waals surface area contributed by atoms with Gasteiger partial charge in [0, 0.05) is 10.9 Å². The summed E-state index contributed by atoms with van der Waals surface area (Å²) in [4.78, 5) is 0. The lowest BCUT2D eigenvalue weighted by Crippen LogP contribution is -2.18. The van der Waals surface area contributed by atoms with Crippen molar-refractivity contribution in [3.8, 4) is 0 Å². The Bertz CT molecular complexity index is 528. The molecule has 1 nitrogen and oxygen atoms in total. The average molecular weight is 339 g/mol. The summed E-state index contributed by atoms with van der Waals surface area (Å²) in [5, 5.41) is 0.885. The largest absolute Gasteiger partial charge is 0.406 e. The van der Waals surface area contributed by atoms with Crippen molar-refractivity contribution in [1.29, 1.82) is 0 Å². The van der Waals surface area contributed by atoms with Crippen LogP contribution in [0.4, 0.5) is 13.2 Å². The summed E-state index contributed by atoms with van der Waals surface area (Å²) < 4.78 is 39.1. The molecule has 0 spiro atoms. The van der Waals surface area contributed by atoms with Gasteiger partial charge in [-0.25, -0.2) is 0 Å². The van der Waals surface area contributed by atoms with E-state index in [0.29, 0.717) is 9.22 Å². The molecule has 0 amide bonds. The number of hydrogen-bond donors (Lipinski definition) is 0. The molecule has 0 aliphatic carbocycles. The monoisotopic (exact) mass is 339 g/mol. The predicted octanol–water partition coefficient (Wildman–Crippen LogP) is 4.12. The minimum atomic E-state index is -4.18. The molecule has 0 saturated heterocycles. The van der Waals surface area contributed by atoms with Gasteiger partial charge in [0.05, 0.1) is 3.70 Å². The molecule has 1 aromatic heterocycles. The minimum Gasteiger partial charge on any atom is -0.327 e. The van der Waals surface area contributed by atoms with Crippen molar-refractivity contribution >= 4 is 33.5 Å². The first-order valence-electron chi connectivity index (χ1n) is 4.69. The summed E-state index contributed by atoms with van der Waals surface area (Å²) in [6.45, 7) is 0.967. The molecule has 0 atom stereocenters. The van der Waals surface area contributed by atoms with E-state index in [9.17, 15) is 13.2 Å². The second kappa shape index (κ2) is 3.94. The lowest BCUT2D eigenvalue weighted by Gasteiger charge is -2.10. The Morgan fingerprint density at radius 3 is 2.62 bits per heavy atom. The molecule has 0 fully saturated rings. The summed E-state index contributed by atoms with van der Waals surface area (Å²) in [6, 6.07) is 7.18. The van der Waals surface area contributed by atoms with Crippen LogP contribution >= 0.6 is 22.6 Å². The number of rotatable bonds is 1. The van der Waals surface area contributed by atoms with E-state index in [4.69, 9.17) is 0 Å². The summed E-state index contributed by atoms with van der Waals surface area (Å²) in [6.07, 6.45) is -4.18. The van der Waals surface area contributed by atoms with Crippen molar-refractivity contribution < 1.29 is 13.2 Å². The third-order valence-corrected chi connectivity index (χ3v) is 3.34. The molecule has 0 bridgehead atoms. The van der Waals surface area contributed by atoms with Crippen molar-refractivity contribution in [3.63, 3.8) is 0 Å². The van der Waals surface area contributed by atoms with Crippen LogP contribution in [0, 0.1) is 10.6 Å². The molecule has 1 aromatic carbocycles. The van der Waals surface area contributed by atoms with Gasteiger partial charge in [-0.15, -0.1) is 0 Å². The van der Waals surface area contributed by atoms with Crippen LogP contribution in [-0.4, -0.2) is 10.7 Å². The second-order valence-corrected chi connectivity index (χ2v) is 4.78. The van der Waals surface area contributed by atoms with E-state index in [1.165, 1.54) is 4.57 Å². The zero-order valence-electron chi connectivity index (χ0n) is 8.48. The SMILES string of the molecule is Cc1cccc2c1cc(I)n2CC(F)(F)F. The molecule has 0 N–H and O–H groups in total. The van der Waals surface area contributed by atoms with E-state index in [2.05, 4.69) is 0 Å². The summed E-state index contributed by atoms with van der Waals surface area (Å²) >= 11 is 1.93. The topological polar surface area (TPSA) is 4.93 Å². The third-order valence-electron chi connectivity index (χ3n) is 2.45. The number of benzene rings is 1. The van der Waals surface area contributed by atoms with Gasteiger partial charge in [0.2, 0.25) is 0 Å². The molecule has 16 heavy (non-hydrogen) atoms. The average Bonchev–Trinajstić information content (AvgIpc) is 2.44. The maximum absolute atomic E-state index is 12.4. The maximum atomic E-state index is 12.4. The van der Waals surface area contributed by atoms with Crippen LogP contribution in [0.3, 0.4) is 0 Å². The number of aryl methyl sites for hydroxylation is 1. The molecule has 0 aliphatic rings. The van der Waals surface area contributed by atoms with Crippen LogP contribution in [0.2, 0.25) is 0 Å². The number of halogens is 4. The van der Waals surface area contributed by atoms with Crippen LogP contribution in [0.25, 0.3) is 10.9 Å². The Morgan fingerprint density at radius 2 is 2.00 bits per heavy atom. The predicted molar refractivity (Wildman–Crippen MR) is 65.4 cm³/mol. The number of hydrogen-bond acceptors (Lipinski definition) is 0. The summed E-state index contributed by atoms with van der Waals surface area (Å²) in [7, 11) is 0. The van der Waals surface area contributed by atoms with Crippen LogP contribution in [0.5, 0.6) is 0 Å². The van der Waals surface area contributed by atoms with E-state index >= 15 is 0 Å².